The molecule has 2 heteroatoms. The van der Waals surface area contributed by atoms with Crippen LogP contribution in [0.3, 0.4) is 0 Å². The predicted octanol–water partition coefficient (Wildman–Crippen LogP) is 5.64. The van der Waals surface area contributed by atoms with E-state index in [1.165, 1.54) is 64.2 Å². The molecule has 1 heterocycles. The van der Waals surface area contributed by atoms with Crippen LogP contribution in [-0.4, -0.2) is 23.9 Å². The van der Waals surface area contributed by atoms with Crippen LogP contribution < -0.4 is 0 Å². The zero-order valence-corrected chi connectivity index (χ0v) is 14.6. The molecular weight excluding hydrogens is 270 g/mol. The number of unbranched alkanes of at least 4 members (excludes halogenated alkanes) is 7. The number of rotatable bonds is 12. The Morgan fingerprint density at radius 3 is 2.23 bits per heavy atom. The fourth-order valence-corrected chi connectivity index (χ4v) is 2.89. The molecule has 0 bridgehead atoms. The van der Waals surface area contributed by atoms with Crippen molar-refractivity contribution in [1.29, 1.82) is 0 Å². The first-order valence-electron chi connectivity index (χ1n) is 9.42. The normalized spacial score (nSPS) is 15.4. The van der Waals surface area contributed by atoms with Gasteiger partial charge in [-0.25, -0.2) is 0 Å². The van der Waals surface area contributed by atoms with Crippen molar-refractivity contribution in [2.45, 2.75) is 84.0 Å². The van der Waals surface area contributed by atoms with Gasteiger partial charge in [-0.2, -0.15) is 0 Å². The first-order chi connectivity index (χ1) is 10.8. The van der Waals surface area contributed by atoms with Crippen molar-refractivity contribution in [3.63, 3.8) is 0 Å². The van der Waals surface area contributed by atoms with Crippen molar-refractivity contribution < 1.29 is 4.79 Å². The molecule has 1 rings (SSSR count). The summed E-state index contributed by atoms with van der Waals surface area (Å²) in [4.78, 5) is 13.8. The number of nitrogens with zero attached hydrogens (tertiary/aromatic N) is 1. The van der Waals surface area contributed by atoms with Crippen LogP contribution in [0.1, 0.15) is 84.0 Å². The lowest BCUT2D eigenvalue weighted by Crippen LogP contribution is -2.26. The molecule has 1 aliphatic heterocycles. The lowest BCUT2D eigenvalue weighted by atomic mass is 10.1. The number of allylic oxidation sites excluding steroid dienone is 3. The molecule has 2 nitrogen and oxygen atoms in total. The Hall–Kier alpha value is -1.05. The van der Waals surface area contributed by atoms with Crippen LogP contribution in [0.5, 0.6) is 0 Å². The van der Waals surface area contributed by atoms with Crippen molar-refractivity contribution >= 4 is 5.91 Å². The second-order valence-corrected chi connectivity index (χ2v) is 6.38. The molecule has 0 atom stereocenters. The highest BCUT2D eigenvalue weighted by Gasteiger charge is 2.15. The number of carbonyl (C=O) groups is 1. The Kier molecular flexibility index (Phi) is 11.7. The fourth-order valence-electron chi connectivity index (χ4n) is 2.89. The molecule has 0 aliphatic carbocycles. The van der Waals surface area contributed by atoms with Crippen LogP contribution in [-0.2, 0) is 4.79 Å². The number of carbonyl (C=O) groups excluding carboxylic acids is 1. The van der Waals surface area contributed by atoms with Crippen molar-refractivity contribution in [1.82, 2.24) is 4.90 Å². The average Bonchev–Trinajstić information content (AvgIpc) is 3.06. The number of amides is 1. The van der Waals surface area contributed by atoms with Gasteiger partial charge in [-0.15, -0.1) is 0 Å². The fraction of sp³-hybridized carbons (Fsp3) is 0.750. The molecule has 22 heavy (non-hydrogen) atoms. The molecule has 0 unspecified atom stereocenters. The summed E-state index contributed by atoms with van der Waals surface area (Å²) in [5, 5.41) is 0. The SMILES string of the molecule is CCCCCCCCCC=CCC=CCC(=O)N1CCCC1. The molecular formula is C20H35NO. The van der Waals surface area contributed by atoms with E-state index in [0.29, 0.717) is 12.3 Å². The van der Waals surface area contributed by atoms with Gasteiger partial charge in [-0.1, -0.05) is 69.8 Å². The smallest absolute Gasteiger partial charge is 0.226 e. The molecule has 0 aromatic heterocycles. The average molecular weight is 306 g/mol. The summed E-state index contributed by atoms with van der Waals surface area (Å²) in [6, 6.07) is 0. The van der Waals surface area contributed by atoms with Crippen LogP contribution in [0.2, 0.25) is 0 Å². The highest BCUT2D eigenvalue weighted by atomic mass is 16.2. The summed E-state index contributed by atoms with van der Waals surface area (Å²) in [7, 11) is 0. The van der Waals surface area contributed by atoms with Gasteiger partial charge in [0.2, 0.25) is 5.91 Å². The second kappa shape index (κ2) is 13.6. The summed E-state index contributed by atoms with van der Waals surface area (Å²) in [6.07, 6.45) is 23.4. The molecule has 1 aliphatic rings. The van der Waals surface area contributed by atoms with E-state index in [9.17, 15) is 4.79 Å². The molecule has 0 saturated carbocycles. The minimum Gasteiger partial charge on any atom is -0.342 e. The zero-order chi connectivity index (χ0) is 15.9. The third-order valence-corrected chi connectivity index (χ3v) is 4.33. The standard InChI is InChI=1S/C20H35NO/c1-2-3-4-5-6-7-8-9-10-11-12-13-14-17-20(22)21-18-15-16-19-21/h10-11,13-14H,2-9,12,15-19H2,1H3. The lowest BCUT2D eigenvalue weighted by molar-refractivity contribution is -0.129. The highest BCUT2D eigenvalue weighted by molar-refractivity contribution is 5.77. The maximum atomic E-state index is 11.8. The predicted molar refractivity (Wildman–Crippen MR) is 95.9 cm³/mol. The van der Waals surface area contributed by atoms with Gasteiger partial charge >= 0.3 is 0 Å². The molecule has 1 amide bonds. The van der Waals surface area contributed by atoms with Crippen LogP contribution in [0.4, 0.5) is 0 Å². The third-order valence-electron chi connectivity index (χ3n) is 4.33. The minimum absolute atomic E-state index is 0.292. The molecule has 0 N–H and O–H groups in total. The third kappa shape index (κ3) is 9.81. The van der Waals surface area contributed by atoms with Crippen LogP contribution in [0.25, 0.3) is 0 Å². The number of hydrogen-bond donors (Lipinski definition) is 0. The number of likely N-dealkylation sites (tertiary alicyclic amines) is 1. The summed E-state index contributed by atoms with van der Waals surface area (Å²) in [5.74, 6) is 0.292. The summed E-state index contributed by atoms with van der Waals surface area (Å²) in [5.41, 5.74) is 0. The van der Waals surface area contributed by atoms with E-state index in [1.54, 1.807) is 0 Å². The van der Waals surface area contributed by atoms with Crippen LogP contribution in [0, 0.1) is 0 Å². The van der Waals surface area contributed by atoms with E-state index in [-0.39, 0.29) is 0 Å². The van der Waals surface area contributed by atoms with E-state index < -0.39 is 0 Å². The maximum Gasteiger partial charge on any atom is 0.226 e. The van der Waals surface area contributed by atoms with Gasteiger partial charge in [0.05, 0.1) is 0 Å². The second-order valence-electron chi connectivity index (χ2n) is 6.38. The molecule has 126 valence electrons. The first-order valence-corrected chi connectivity index (χ1v) is 9.42. The highest BCUT2D eigenvalue weighted by Crippen LogP contribution is 2.10. The van der Waals surface area contributed by atoms with Gasteiger partial charge in [0.1, 0.15) is 0 Å². The van der Waals surface area contributed by atoms with Gasteiger partial charge < -0.3 is 4.90 Å². The van der Waals surface area contributed by atoms with E-state index in [0.717, 1.165) is 19.5 Å². The van der Waals surface area contributed by atoms with Crippen molar-refractivity contribution in [2.75, 3.05) is 13.1 Å². The van der Waals surface area contributed by atoms with Crippen molar-refractivity contribution in [3.8, 4) is 0 Å². The Morgan fingerprint density at radius 2 is 1.50 bits per heavy atom. The Morgan fingerprint density at radius 1 is 0.864 bits per heavy atom. The summed E-state index contributed by atoms with van der Waals surface area (Å²) in [6.45, 7) is 4.19. The Balaban J connectivity index is 1.88. The van der Waals surface area contributed by atoms with Gasteiger partial charge in [-0.3, -0.25) is 4.79 Å². The van der Waals surface area contributed by atoms with E-state index in [4.69, 9.17) is 0 Å². The van der Waals surface area contributed by atoms with Crippen LogP contribution >= 0.6 is 0 Å². The molecule has 0 radical (unpaired) electrons. The number of hydrogen-bond acceptors (Lipinski definition) is 1. The Labute approximate surface area is 137 Å². The van der Waals surface area contributed by atoms with Crippen molar-refractivity contribution in [3.05, 3.63) is 24.3 Å². The van der Waals surface area contributed by atoms with Gasteiger partial charge in [0, 0.05) is 19.5 Å². The quantitative estimate of drug-likeness (QED) is 0.337. The molecule has 1 fully saturated rings. The zero-order valence-electron chi connectivity index (χ0n) is 14.6. The summed E-state index contributed by atoms with van der Waals surface area (Å²) >= 11 is 0. The largest absolute Gasteiger partial charge is 0.342 e. The molecule has 0 aromatic carbocycles. The van der Waals surface area contributed by atoms with E-state index in [2.05, 4.69) is 25.2 Å². The lowest BCUT2D eigenvalue weighted by Gasteiger charge is -2.13. The van der Waals surface area contributed by atoms with Crippen LogP contribution in [0.15, 0.2) is 24.3 Å². The first kappa shape index (κ1) is 19.0. The topological polar surface area (TPSA) is 20.3 Å². The van der Waals surface area contributed by atoms with E-state index >= 15 is 0 Å². The minimum atomic E-state index is 0.292. The maximum absolute atomic E-state index is 11.8. The van der Waals surface area contributed by atoms with Gasteiger partial charge in [0.25, 0.3) is 0 Å². The molecule has 0 spiro atoms. The molecule has 0 aromatic rings. The van der Waals surface area contributed by atoms with Gasteiger partial charge in [0.15, 0.2) is 0 Å². The monoisotopic (exact) mass is 305 g/mol. The summed E-state index contributed by atoms with van der Waals surface area (Å²) < 4.78 is 0. The van der Waals surface area contributed by atoms with Crippen molar-refractivity contribution in [2.24, 2.45) is 0 Å². The molecule has 1 saturated heterocycles. The van der Waals surface area contributed by atoms with E-state index in [1.807, 2.05) is 11.0 Å². The Bertz CT molecular complexity index is 327. The van der Waals surface area contributed by atoms with Gasteiger partial charge in [-0.05, 0) is 32.1 Å².